The number of hydrogen-bond acceptors (Lipinski definition) is 0. The maximum atomic E-state index is 13.4. The van der Waals surface area contributed by atoms with Gasteiger partial charge in [0.1, 0.15) is 0 Å². The van der Waals surface area contributed by atoms with E-state index in [1.807, 2.05) is 6.07 Å². The van der Waals surface area contributed by atoms with Crippen molar-refractivity contribution in [1.29, 1.82) is 0 Å². The Kier molecular flexibility index (Phi) is 6.64. The van der Waals surface area contributed by atoms with Crippen molar-refractivity contribution in [3.05, 3.63) is 157 Å². The van der Waals surface area contributed by atoms with Crippen molar-refractivity contribution in [2.24, 2.45) is 0 Å². The number of benzene rings is 9. The zero-order chi connectivity index (χ0) is 34.4. The van der Waals surface area contributed by atoms with Crippen molar-refractivity contribution in [3.63, 3.8) is 0 Å². The first-order valence-electron chi connectivity index (χ1n) is 17.0. The minimum absolute atomic E-state index is 0.0695. The molecule has 0 saturated heterocycles. The van der Waals surface area contributed by atoms with Gasteiger partial charge >= 0.3 is 6.18 Å². The van der Waals surface area contributed by atoms with Crippen LogP contribution in [0.3, 0.4) is 0 Å². The Morgan fingerprint density at radius 1 is 0.360 bits per heavy atom. The van der Waals surface area contributed by atoms with Crippen LogP contribution in [0.25, 0.3) is 87.2 Å². The number of fused-ring (bicyclic) bond motifs is 2. The topological polar surface area (TPSA) is 0 Å². The van der Waals surface area contributed by atoms with Crippen LogP contribution < -0.4 is 0 Å². The molecule has 0 bridgehead atoms. The molecule has 0 aliphatic heterocycles. The van der Waals surface area contributed by atoms with E-state index < -0.39 is 11.7 Å². The molecule has 0 spiro atoms. The Morgan fingerprint density at radius 3 is 1.28 bits per heavy atom. The van der Waals surface area contributed by atoms with Crippen molar-refractivity contribution in [1.82, 2.24) is 0 Å². The molecule has 9 rings (SSSR count). The number of rotatable bonds is 3. The van der Waals surface area contributed by atoms with Crippen LogP contribution >= 0.6 is 0 Å². The van der Waals surface area contributed by atoms with Crippen LogP contribution in [0.1, 0.15) is 31.9 Å². The van der Waals surface area contributed by atoms with Crippen molar-refractivity contribution in [3.8, 4) is 33.4 Å². The monoisotopic (exact) mass is 654 g/mol. The van der Waals surface area contributed by atoms with E-state index in [-0.39, 0.29) is 5.41 Å². The van der Waals surface area contributed by atoms with Gasteiger partial charge in [-0.2, -0.15) is 13.2 Å². The third kappa shape index (κ3) is 4.68. The lowest BCUT2D eigenvalue weighted by Gasteiger charge is -2.22. The van der Waals surface area contributed by atoms with E-state index in [0.29, 0.717) is 0 Å². The molecule has 0 atom stereocenters. The predicted molar refractivity (Wildman–Crippen MR) is 205 cm³/mol. The Bertz CT molecular complexity index is 2690. The van der Waals surface area contributed by atoms with Crippen LogP contribution in [0, 0.1) is 0 Å². The molecule has 50 heavy (non-hydrogen) atoms. The van der Waals surface area contributed by atoms with E-state index in [0.717, 1.165) is 43.6 Å². The number of halogens is 3. The Balaban J connectivity index is 1.32. The molecule has 242 valence electrons. The van der Waals surface area contributed by atoms with Gasteiger partial charge in [-0.3, -0.25) is 0 Å². The first-order valence-corrected chi connectivity index (χ1v) is 17.0. The van der Waals surface area contributed by atoms with E-state index in [1.165, 1.54) is 61.3 Å². The van der Waals surface area contributed by atoms with Crippen LogP contribution in [0.2, 0.25) is 0 Å². The summed E-state index contributed by atoms with van der Waals surface area (Å²) in [6.45, 7) is 6.73. The van der Waals surface area contributed by atoms with E-state index >= 15 is 0 Å². The molecule has 0 aliphatic rings. The van der Waals surface area contributed by atoms with Gasteiger partial charge in [0.25, 0.3) is 0 Å². The highest BCUT2D eigenvalue weighted by Crippen LogP contribution is 2.48. The fourth-order valence-corrected chi connectivity index (χ4v) is 7.98. The molecule has 9 aromatic carbocycles. The largest absolute Gasteiger partial charge is 0.416 e. The lowest BCUT2D eigenvalue weighted by molar-refractivity contribution is -0.137. The molecule has 0 fully saturated rings. The summed E-state index contributed by atoms with van der Waals surface area (Å²) in [4.78, 5) is 0. The van der Waals surface area contributed by atoms with Gasteiger partial charge in [0.05, 0.1) is 5.56 Å². The second-order valence-corrected chi connectivity index (χ2v) is 14.4. The van der Waals surface area contributed by atoms with Gasteiger partial charge in [-0.25, -0.2) is 0 Å². The van der Waals surface area contributed by atoms with Crippen LogP contribution in [0.5, 0.6) is 0 Å². The third-order valence-electron chi connectivity index (χ3n) is 10.4. The summed E-state index contributed by atoms with van der Waals surface area (Å²) in [5, 5.41) is 11.5. The molecule has 0 radical (unpaired) electrons. The first-order chi connectivity index (χ1) is 24.1. The fourth-order valence-electron chi connectivity index (χ4n) is 7.98. The Morgan fingerprint density at radius 2 is 0.780 bits per heavy atom. The number of alkyl halides is 3. The molecule has 3 heteroatoms. The van der Waals surface area contributed by atoms with Crippen LogP contribution in [0.15, 0.2) is 146 Å². The van der Waals surface area contributed by atoms with Gasteiger partial charge in [-0.1, -0.05) is 154 Å². The highest BCUT2D eigenvalue weighted by atomic mass is 19.4. The van der Waals surface area contributed by atoms with Crippen molar-refractivity contribution < 1.29 is 13.2 Å². The summed E-state index contributed by atoms with van der Waals surface area (Å²) in [6, 6.07) is 49.3. The summed E-state index contributed by atoms with van der Waals surface area (Å²) in [6.07, 6.45) is -4.37. The zero-order valence-corrected chi connectivity index (χ0v) is 28.0. The second kappa shape index (κ2) is 10.9. The summed E-state index contributed by atoms with van der Waals surface area (Å²) in [7, 11) is 0. The lowest BCUT2D eigenvalue weighted by atomic mass is 9.82. The standard InChI is InChI=1S/C47H33F3/c1-46(2,3)32-20-14-29(15-21-32)42-35-8-4-6-10-37(35)45(38-11-7-5-9-36(38)42)41-27-19-31-17-25-39-34(28-12-22-33(23-13-28)47(48,49)50)24-16-30-18-26-40(41)44(31)43(30)39/h4-27H,1-3H3. The summed E-state index contributed by atoms with van der Waals surface area (Å²) < 4.78 is 40.1. The molecule has 9 aromatic rings. The van der Waals surface area contributed by atoms with E-state index in [9.17, 15) is 13.2 Å². The Hall–Kier alpha value is -5.67. The van der Waals surface area contributed by atoms with Gasteiger partial charge < -0.3 is 0 Å². The summed E-state index contributed by atoms with van der Waals surface area (Å²) >= 11 is 0. The van der Waals surface area contributed by atoms with E-state index in [4.69, 9.17) is 0 Å². The maximum Gasteiger partial charge on any atom is 0.416 e. The second-order valence-electron chi connectivity index (χ2n) is 14.4. The average molecular weight is 655 g/mol. The average Bonchev–Trinajstić information content (AvgIpc) is 3.12. The van der Waals surface area contributed by atoms with Gasteiger partial charge in [-0.05, 0) is 110 Å². The number of hydrogen-bond donors (Lipinski definition) is 0. The van der Waals surface area contributed by atoms with Gasteiger partial charge in [0.2, 0.25) is 0 Å². The van der Waals surface area contributed by atoms with Crippen LogP contribution in [0.4, 0.5) is 13.2 Å². The molecule has 0 saturated carbocycles. The molecule has 0 heterocycles. The predicted octanol–water partition coefficient (Wildman–Crippen LogP) is 14.2. The highest BCUT2D eigenvalue weighted by molar-refractivity contribution is 6.30. The van der Waals surface area contributed by atoms with Gasteiger partial charge in [-0.15, -0.1) is 0 Å². The molecular weight excluding hydrogens is 622 g/mol. The van der Waals surface area contributed by atoms with Crippen molar-refractivity contribution in [2.75, 3.05) is 0 Å². The summed E-state index contributed by atoms with van der Waals surface area (Å²) in [5.41, 5.74) is 7.21. The molecule has 0 aliphatic carbocycles. The molecule has 0 unspecified atom stereocenters. The van der Waals surface area contributed by atoms with E-state index in [1.54, 1.807) is 12.1 Å². The molecule has 0 amide bonds. The summed E-state index contributed by atoms with van der Waals surface area (Å²) in [5.74, 6) is 0. The smallest absolute Gasteiger partial charge is 0.166 e. The normalized spacial score (nSPS) is 12.6. The van der Waals surface area contributed by atoms with Crippen molar-refractivity contribution in [2.45, 2.75) is 32.4 Å². The minimum atomic E-state index is -4.37. The fraction of sp³-hybridized carbons (Fsp3) is 0.106. The third-order valence-corrected chi connectivity index (χ3v) is 10.4. The highest BCUT2D eigenvalue weighted by Gasteiger charge is 2.30. The SMILES string of the molecule is CC(C)(C)c1ccc(-c2c3ccccc3c(-c3ccc4ccc5c(-c6ccc(C(F)(F)F)cc6)ccc6ccc3c4c65)c3ccccc23)cc1. The Labute approximate surface area is 288 Å². The molecule has 0 nitrogen and oxygen atoms in total. The molecule has 0 aromatic heterocycles. The van der Waals surface area contributed by atoms with Crippen LogP contribution in [-0.2, 0) is 11.6 Å². The zero-order valence-electron chi connectivity index (χ0n) is 28.0. The maximum absolute atomic E-state index is 13.4. The van der Waals surface area contributed by atoms with Gasteiger partial charge in [0, 0.05) is 0 Å². The quantitative estimate of drug-likeness (QED) is 0.131. The van der Waals surface area contributed by atoms with E-state index in [2.05, 4.69) is 136 Å². The van der Waals surface area contributed by atoms with Gasteiger partial charge in [0.15, 0.2) is 0 Å². The molecule has 0 N–H and O–H groups in total. The van der Waals surface area contributed by atoms with Crippen molar-refractivity contribution >= 4 is 53.9 Å². The first kappa shape index (κ1) is 30.4. The lowest BCUT2D eigenvalue weighted by Crippen LogP contribution is -2.10. The minimum Gasteiger partial charge on any atom is -0.166 e. The van der Waals surface area contributed by atoms with Crippen LogP contribution in [-0.4, -0.2) is 0 Å². The molecular formula is C47H33F3.